The topological polar surface area (TPSA) is 95.9 Å². The van der Waals surface area contributed by atoms with Gasteiger partial charge < -0.3 is 20.1 Å². The van der Waals surface area contributed by atoms with Gasteiger partial charge in [0.05, 0.1) is 18.9 Å². The van der Waals surface area contributed by atoms with Crippen LogP contribution in [0.5, 0.6) is 0 Å². The highest BCUT2D eigenvalue weighted by Crippen LogP contribution is 2.23. The molecule has 0 saturated carbocycles. The van der Waals surface area contributed by atoms with Crippen LogP contribution in [0.25, 0.3) is 0 Å². The summed E-state index contributed by atoms with van der Waals surface area (Å²) < 4.78 is 4.69. The van der Waals surface area contributed by atoms with E-state index in [4.69, 9.17) is 5.11 Å². The first-order chi connectivity index (χ1) is 8.86. The van der Waals surface area contributed by atoms with Crippen LogP contribution in [0.3, 0.4) is 0 Å². The van der Waals surface area contributed by atoms with Gasteiger partial charge in [-0.15, -0.1) is 0 Å². The number of esters is 1. The van der Waals surface area contributed by atoms with Crippen molar-refractivity contribution in [3.8, 4) is 0 Å². The van der Waals surface area contributed by atoms with Crippen LogP contribution in [-0.2, 0) is 14.3 Å². The third kappa shape index (κ3) is 3.84. The van der Waals surface area contributed by atoms with E-state index in [9.17, 15) is 14.4 Å². The van der Waals surface area contributed by atoms with Crippen molar-refractivity contribution >= 4 is 18.0 Å². The van der Waals surface area contributed by atoms with E-state index in [0.717, 1.165) is 0 Å². The van der Waals surface area contributed by atoms with Gasteiger partial charge >= 0.3 is 18.0 Å². The Hall–Kier alpha value is -1.79. The summed E-state index contributed by atoms with van der Waals surface area (Å²) in [5.41, 5.74) is 0. The summed E-state index contributed by atoms with van der Waals surface area (Å²) in [5, 5.41) is 11.3. The molecule has 0 spiro atoms. The smallest absolute Gasteiger partial charge is 0.317 e. The zero-order chi connectivity index (χ0) is 14.6. The first-order valence-corrected chi connectivity index (χ1v) is 6.20. The summed E-state index contributed by atoms with van der Waals surface area (Å²) in [5.74, 6) is -2.19. The van der Waals surface area contributed by atoms with Crippen molar-refractivity contribution < 1.29 is 24.2 Å². The van der Waals surface area contributed by atoms with E-state index < -0.39 is 11.9 Å². The summed E-state index contributed by atoms with van der Waals surface area (Å²) >= 11 is 0. The van der Waals surface area contributed by atoms with E-state index in [1.54, 1.807) is 0 Å². The quantitative estimate of drug-likeness (QED) is 0.711. The van der Waals surface area contributed by atoms with Gasteiger partial charge in [-0.25, -0.2) is 4.79 Å². The molecule has 2 N–H and O–H groups in total. The summed E-state index contributed by atoms with van der Waals surface area (Å²) in [6.45, 7) is 4.25. The highest BCUT2D eigenvalue weighted by molar-refractivity contribution is 5.79. The molecular formula is C12H20N2O5. The van der Waals surface area contributed by atoms with Crippen LogP contribution in [0.2, 0.25) is 0 Å². The molecule has 0 bridgehead atoms. The van der Waals surface area contributed by atoms with Gasteiger partial charge in [-0.2, -0.15) is 0 Å². The third-order valence-corrected chi connectivity index (χ3v) is 3.38. The zero-order valence-electron chi connectivity index (χ0n) is 11.4. The number of carbonyl (C=O) groups is 3. The highest BCUT2D eigenvalue weighted by Gasteiger charge is 2.37. The number of likely N-dealkylation sites (tertiary alicyclic amines) is 1. The van der Waals surface area contributed by atoms with E-state index in [2.05, 4.69) is 10.1 Å². The van der Waals surface area contributed by atoms with Crippen molar-refractivity contribution in [1.29, 1.82) is 0 Å². The normalized spacial score (nSPS) is 23.8. The van der Waals surface area contributed by atoms with Crippen molar-refractivity contribution in [2.24, 2.45) is 17.8 Å². The molecule has 1 aliphatic rings. The molecule has 1 fully saturated rings. The molecule has 7 nitrogen and oxygen atoms in total. The van der Waals surface area contributed by atoms with Crippen molar-refractivity contribution in [3.05, 3.63) is 0 Å². The minimum Gasteiger partial charge on any atom is -0.481 e. The number of carboxylic acid groups (broad SMARTS) is 1. The average molecular weight is 272 g/mol. The number of carbonyl (C=O) groups excluding carboxylic acids is 2. The Bertz CT molecular complexity index is 371. The lowest BCUT2D eigenvalue weighted by Gasteiger charge is -2.18. The molecule has 0 radical (unpaired) electrons. The fraction of sp³-hybridized carbons (Fsp3) is 0.750. The Morgan fingerprint density at radius 3 is 2.58 bits per heavy atom. The summed E-state index contributed by atoms with van der Waals surface area (Å²) in [6, 6.07) is -0.341. The Labute approximate surface area is 111 Å². The SMILES string of the molecule is COC(=O)C1CN(C(=O)NCC(C)C(=O)O)CC1C. The van der Waals surface area contributed by atoms with Gasteiger partial charge in [0.1, 0.15) is 0 Å². The molecule has 0 aromatic heterocycles. The van der Waals surface area contributed by atoms with Gasteiger partial charge in [-0.05, 0) is 5.92 Å². The lowest BCUT2D eigenvalue weighted by atomic mass is 9.99. The number of hydrogen-bond acceptors (Lipinski definition) is 4. The summed E-state index contributed by atoms with van der Waals surface area (Å²) in [4.78, 5) is 35.5. The molecule has 0 aromatic carbocycles. The first-order valence-electron chi connectivity index (χ1n) is 6.20. The molecule has 0 aliphatic carbocycles. The predicted octanol–water partition coefficient (Wildman–Crippen LogP) is 0.158. The molecule has 1 aliphatic heterocycles. The molecular weight excluding hydrogens is 252 g/mol. The number of carboxylic acids is 1. The fourth-order valence-corrected chi connectivity index (χ4v) is 2.03. The lowest BCUT2D eigenvalue weighted by molar-refractivity contribution is -0.146. The van der Waals surface area contributed by atoms with Gasteiger partial charge in [0, 0.05) is 19.6 Å². The molecule has 108 valence electrons. The number of urea groups is 1. The van der Waals surface area contributed by atoms with Crippen LogP contribution in [0.1, 0.15) is 13.8 Å². The number of nitrogens with one attached hydrogen (secondary N) is 1. The molecule has 3 unspecified atom stereocenters. The van der Waals surface area contributed by atoms with Crippen molar-refractivity contribution in [3.63, 3.8) is 0 Å². The van der Waals surface area contributed by atoms with Gasteiger partial charge in [0.2, 0.25) is 0 Å². The number of amides is 2. The molecule has 1 heterocycles. The molecule has 7 heteroatoms. The average Bonchev–Trinajstić information content (AvgIpc) is 2.76. The van der Waals surface area contributed by atoms with E-state index in [0.29, 0.717) is 13.1 Å². The second-order valence-corrected chi connectivity index (χ2v) is 4.94. The van der Waals surface area contributed by atoms with E-state index >= 15 is 0 Å². The maximum absolute atomic E-state index is 11.8. The Morgan fingerprint density at radius 1 is 1.42 bits per heavy atom. The monoisotopic (exact) mass is 272 g/mol. The van der Waals surface area contributed by atoms with Gasteiger partial charge in [0.25, 0.3) is 0 Å². The first kappa shape index (κ1) is 15.3. The maximum Gasteiger partial charge on any atom is 0.317 e. The Morgan fingerprint density at radius 2 is 2.05 bits per heavy atom. The van der Waals surface area contributed by atoms with Gasteiger partial charge in [0.15, 0.2) is 0 Å². The minimum absolute atomic E-state index is 0.0371. The van der Waals surface area contributed by atoms with Crippen LogP contribution in [-0.4, -0.2) is 54.7 Å². The largest absolute Gasteiger partial charge is 0.481 e. The number of methoxy groups -OCH3 is 1. The van der Waals surface area contributed by atoms with Gasteiger partial charge in [-0.1, -0.05) is 13.8 Å². The van der Waals surface area contributed by atoms with Crippen LogP contribution >= 0.6 is 0 Å². The summed E-state index contributed by atoms with van der Waals surface area (Å²) in [6.07, 6.45) is 0. The van der Waals surface area contributed by atoms with Crippen LogP contribution < -0.4 is 5.32 Å². The van der Waals surface area contributed by atoms with E-state index in [1.807, 2.05) is 6.92 Å². The molecule has 0 aromatic rings. The lowest BCUT2D eigenvalue weighted by Crippen LogP contribution is -2.41. The van der Waals surface area contributed by atoms with E-state index in [-0.39, 0.29) is 30.4 Å². The van der Waals surface area contributed by atoms with E-state index in [1.165, 1.54) is 18.9 Å². The minimum atomic E-state index is -0.956. The molecule has 3 atom stereocenters. The molecule has 1 saturated heterocycles. The van der Waals surface area contributed by atoms with Crippen molar-refractivity contribution in [2.45, 2.75) is 13.8 Å². The fourth-order valence-electron chi connectivity index (χ4n) is 2.03. The Balaban J connectivity index is 2.47. The number of nitrogens with zero attached hydrogens (tertiary/aromatic N) is 1. The van der Waals surface area contributed by atoms with Crippen LogP contribution in [0.4, 0.5) is 4.79 Å². The standard InChI is InChI=1S/C12H20N2O5/c1-7(10(15)16)4-13-12(18)14-5-8(2)9(6-14)11(17)19-3/h7-9H,4-6H2,1-3H3,(H,13,18)(H,15,16). The summed E-state index contributed by atoms with van der Waals surface area (Å²) in [7, 11) is 1.33. The second-order valence-electron chi connectivity index (χ2n) is 4.94. The van der Waals surface area contributed by atoms with Gasteiger partial charge in [-0.3, -0.25) is 9.59 Å². The number of aliphatic carboxylic acids is 1. The predicted molar refractivity (Wildman–Crippen MR) is 66.4 cm³/mol. The highest BCUT2D eigenvalue weighted by atomic mass is 16.5. The third-order valence-electron chi connectivity index (χ3n) is 3.38. The second kappa shape index (κ2) is 6.40. The van der Waals surface area contributed by atoms with Crippen molar-refractivity contribution in [2.75, 3.05) is 26.7 Å². The number of hydrogen-bond donors (Lipinski definition) is 2. The maximum atomic E-state index is 11.8. The van der Waals surface area contributed by atoms with Crippen LogP contribution in [0, 0.1) is 17.8 Å². The van der Waals surface area contributed by atoms with Crippen molar-refractivity contribution in [1.82, 2.24) is 10.2 Å². The molecule has 2 amide bonds. The number of rotatable bonds is 4. The number of ether oxygens (including phenoxy) is 1. The molecule has 19 heavy (non-hydrogen) atoms. The zero-order valence-corrected chi connectivity index (χ0v) is 11.4. The Kier molecular flexibility index (Phi) is 5.14. The molecule has 1 rings (SSSR count). The van der Waals surface area contributed by atoms with Crippen LogP contribution in [0.15, 0.2) is 0 Å².